The second kappa shape index (κ2) is 6.57. The van der Waals surface area contributed by atoms with Crippen LogP contribution in [0, 0.1) is 0 Å². The lowest BCUT2D eigenvalue weighted by Gasteiger charge is -2.23. The van der Waals surface area contributed by atoms with E-state index in [9.17, 15) is 13.0 Å². The molecule has 0 saturated heterocycles. The summed E-state index contributed by atoms with van der Waals surface area (Å²) in [6, 6.07) is 6.84. The van der Waals surface area contributed by atoms with Crippen molar-refractivity contribution in [1.29, 1.82) is 0 Å². The number of benzene rings is 1. The molecule has 0 bridgehead atoms. The molecule has 8 heteroatoms. The van der Waals surface area contributed by atoms with Crippen molar-refractivity contribution in [1.82, 2.24) is 4.31 Å². The number of rotatable bonds is 5. The quantitative estimate of drug-likeness (QED) is 0.507. The van der Waals surface area contributed by atoms with Gasteiger partial charge in [-0.05, 0) is 29.8 Å². The van der Waals surface area contributed by atoms with Crippen molar-refractivity contribution < 1.29 is 22.5 Å². The summed E-state index contributed by atoms with van der Waals surface area (Å²) in [6.07, 6.45) is 4.79. The topological polar surface area (TPSA) is 103 Å². The average molecular weight is 321 g/mol. The van der Waals surface area contributed by atoms with Crippen molar-refractivity contribution in [2.24, 2.45) is 0 Å². The normalized spacial score (nSPS) is 14.3. The first kappa shape index (κ1) is 16.0. The summed E-state index contributed by atoms with van der Waals surface area (Å²) in [6.45, 7) is -0.0232. The van der Waals surface area contributed by atoms with Gasteiger partial charge in [0, 0.05) is 6.08 Å². The van der Waals surface area contributed by atoms with Gasteiger partial charge >= 0.3 is 10.3 Å². The number of allylic oxidation sites excluding steroid dienone is 3. The zero-order valence-electron chi connectivity index (χ0n) is 11.9. The zero-order valence-corrected chi connectivity index (χ0v) is 12.7. The van der Waals surface area contributed by atoms with Crippen LogP contribution in [0.1, 0.15) is 12.0 Å². The van der Waals surface area contributed by atoms with Gasteiger partial charge in [0.1, 0.15) is 5.75 Å². The number of nitrogens with zero attached hydrogens (tertiary/aromatic N) is 3. The molecule has 1 aromatic rings. The molecular weight excluding hydrogens is 306 g/mol. The summed E-state index contributed by atoms with van der Waals surface area (Å²) in [4.78, 5) is 3.05. The minimum absolute atomic E-state index is 0.0232. The standard InChI is InChI=1S/C14H15N3O4S/c1-21-14-8-2-11(3-9-14)10-17(22(18,19)20)13-6-4-12(16-15)5-7-13/h2-4,6-9H,5,10H2,1H3,(H,18,19,20). The number of hydrogen-bond acceptors (Lipinski definition) is 3. The Kier molecular flexibility index (Phi) is 4.77. The van der Waals surface area contributed by atoms with E-state index in [-0.39, 0.29) is 13.0 Å². The molecule has 2 rings (SSSR count). The fourth-order valence-electron chi connectivity index (χ4n) is 1.99. The maximum Gasteiger partial charge on any atom is 0.360 e. The van der Waals surface area contributed by atoms with Crippen LogP contribution in [-0.4, -0.2) is 34.9 Å². The van der Waals surface area contributed by atoms with E-state index in [1.165, 1.54) is 19.3 Å². The van der Waals surface area contributed by atoms with Crippen LogP contribution in [0.5, 0.6) is 5.75 Å². The van der Waals surface area contributed by atoms with Crippen LogP contribution in [0.3, 0.4) is 0 Å². The maximum absolute atomic E-state index is 11.6. The van der Waals surface area contributed by atoms with Crippen molar-refractivity contribution in [3.05, 3.63) is 59.3 Å². The fraction of sp³-hybridized carbons (Fsp3) is 0.214. The van der Waals surface area contributed by atoms with Gasteiger partial charge in [-0.2, -0.15) is 13.2 Å². The van der Waals surface area contributed by atoms with E-state index in [2.05, 4.69) is 4.79 Å². The molecule has 0 saturated carbocycles. The van der Waals surface area contributed by atoms with E-state index >= 15 is 0 Å². The van der Waals surface area contributed by atoms with Crippen LogP contribution in [-0.2, 0) is 16.8 Å². The molecule has 0 heterocycles. The van der Waals surface area contributed by atoms with E-state index in [4.69, 9.17) is 10.3 Å². The second-order valence-electron chi connectivity index (χ2n) is 4.59. The molecule has 116 valence electrons. The minimum Gasteiger partial charge on any atom is -0.497 e. The smallest absolute Gasteiger partial charge is 0.360 e. The molecule has 22 heavy (non-hydrogen) atoms. The van der Waals surface area contributed by atoms with Crippen LogP contribution >= 0.6 is 0 Å². The molecule has 1 aliphatic carbocycles. The molecule has 1 aliphatic rings. The molecule has 0 aromatic heterocycles. The Morgan fingerprint density at radius 1 is 1.32 bits per heavy atom. The van der Waals surface area contributed by atoms with Crippen LogP contribution in [0.15, 0.2) is 48.2 Å². The summed E-state index contributed by atoms with van der Waals surface area (Å²) in [5.74, 6) is 0.655. The predicted octanol–water partition coefficient (Wildman–Crippen LogP) is 1.81. The first-order valence-electron chi connectivity index (χ1n) is 6.41. The van der Waals surface area contributed by atoms with Gasteiger partial charge in [0.2, 0.25) is 0 Å². The van der Waals surface area contributed by atoms with Gasteiger partial charge in [-0.3, -0.25) is 4.55 Å². The van der Waals surface area contributed by atoms with Crippen molar-refractivity contribution >= 4 is 16.0 Å². The van der Waals surface area contributed by atoms with Crippen LogP contribution in [0.25, 0.3) is 5.53 Å². The number of hydrogen-bond donors (Lipinski definition) is 1. The molecule has 0 aliphatic heterocycles. The van der Waals surface area contributed by atoms with Gasteiger partial charge in [-0.25, -0.2) is 4.31 Å². The molecule has 0 unspecified atom stereocenters. The molecule has 0 fully saturated rings. The lowest BCUT2D eigenvalue weighted by atomic mass is 10.1. The summed E-state index contributed by atoms with van der Waals surface area (Å²) in [7, 11) is -2.88. The van der Waals surface area contributed by atoms with E-state index in [0.29, 0.717) is 22.7 Å². The van der Waals surface area contributed by atoms with Gasteiger partial charge in [-0.1, -0.05) is 12.1 Å². The lowest BCUT2D eigenvalue weighted by Crippen LogP contribution is -2.29. The monoisotopic (exact) mass is 321 g/mol. The summed E-state index contributed by atoms with van der Waals surface area (Å²) in [5.41, 5.74) is 10.1. The first-order chi connectivity index (χ1) is 10.4. The number of ether oxygens (including phenoxy) is 1. The van der Waals surface area contributed by atoms with Crippen molar-refractivity contribution in [3.8, 4) is 5.75 Å². The van der Waals surface area contributed by atoms with Gasteiger partial charge < -0.3 is 10.3 Å². The van der Waals surface area contributed by atoms with E-state index in [1.807, 2.05) is 0 Å². The van der Waals surface area contributed by atoms with Gasteiger partial charge in [-0.15, -0.1) is 0 Å². The van der Waals surface area contributed by atoms with Crippen LogP contribution < -0.4 is 4.74 Å². The second-order valence-corrected chi connectivity index (χ2v) is 5.93. The maximum atomic E-state index is 11.6. The highest BCUT2D eigenvalue weighted by molar-refractivity contribution is 7.83. The third-order valence-corrected chi connectivity index (χ3v) is 4.04. The third kappa shape index (κ3) is 3.82. The van der Waals surface area contributed by atoms with Crippen LogP contribution in [0.4, 0.5) is 0 Å². The third-order valence-electron chi connectivity index (χ3n) is 3.15. The van der Waals surface area contributed by atoms with Crippen molar-refractivity contribution in [3.63, 3.8) is 0 Å². The minimum atomic E-state index is -4.42. The molecule has 1 N–H and O–H groups in total. The molecule has 7 nitrogen and oxygen atoms in total. The van der Waals surface area contributed by atoms with Crippen LogP contribution in [0.2, 0.25) is 0 Å². The largest absolute Gasteiger partial charge is 0.497 e. The first-order valence-corrected chi connectivity index (χ1v) is 7.81. The highest BCUT2D eigenvalue weighted by Gasteiger charge is 2.23. The molecule has 0 amide bonds. The SMILES string of the molecule is COc1ccc(CN(C2=CCC(=[N+]=[N-])C=C2)S(=O)(=O)O)cc1. The highest BCUT2D eigenvalue weighted by Crippen LogP contribution is 2.21. The van der Waals surface area contributed by atoms with Gasteiger partial charge in [0.15, 0.2) is 0 Å². The molecule has 1 aromatic carbocycles. The Hall–Kier alpha value is -2.41. The number of methoxy groups -OCH3 is 1. The summed E-state index contributed by atoms with van der Waals surface area (Å²) in [5, 5.41) is 0. The Morgan fingerprint density at radius 3 is 2.45 bits per heavy atom. The molecule has 0 radical (unpaired) electrons. The summed E-state index contributed by atoms with van der Waals surface area (Å²) < 4.78 is 38.6. The Labute approximate surface area is 128 Å². The Balaban J connectivity index is 2.26. The van der Waals surface area contributed by atoms with Crippen molar-refractivity contribution in [2.75, 3.05) is 7.11 Å². The van der Waals surface area contributed by atoms with E-state index < -0.39 is 10.3 Å². The molecular formula is C14H15N3O4S. The van der Waals surface area contributed by atoms with E-state index in [0.717, 1.165) is 4.31 Å². The zero-order chi connectivity index (χ0) is 16.2. The fourth-order valence-corrected chi connectivity index (χ4v) is 2.70. The molecule has 0 spiro atoms. The summed E-state index contributed by atoms with van der Waals surface area (Å²) >= 11 is 0. The Morgan fingerprint density at radius 2 is 2.00 bits per heavy atom. The highest BCUT2D eigenvalue weighted by atomic mass is 32.2. The van der Waals surface area contributed by atoms with Gasteiger partial charge in [0.05, 0.1) is 25.8 Å². The van der Waals surface area contributed by atoms with Crippen molar-refractivity contribution in [2.45, 2.75) is 13.0 Å². The van der Waals surface area contributed by atoms with E-state index in [1.54, 1.807) is 30.3 Å². The predicted molar refractivity (Wildman–Crippen MR) is 80.6 cm³/mol. The Bertz CT molecular complexity index is 760. The van der Waals surface area contributed by atoms with Gasteiger partial charge in [0.25, 0.3) is 5.71 Å². The average Bonchev–Trinajstić information content (AvgIpc) is 2.52. The molecule has 0 atom stereocenters. The lowest BCUT2D eigenvalue weighted by molar-refractivity contribution is -0.00545.